The summed E-state index contributed by atoms with van der Waals surface area (Å²) >= 11 is 5.85. The maximum atomic E-state index is 13.7. The summed E-state index contributed by atoms with van der Waals surface area (Å²) in [6.45, 7) is 0. The Labute approximate surface area is 127 Å². The molecule has 0 spiro atoms. The fourth-order valence-electron chi connectivity index (χ4n) is 2.05. The molecule has 0 fully saturated rings. The molecule has 2 aromatic carbocycles. The number of halogens is 2. The molecule has 1 unspecified atom stereocenters. The van der Waals surface area contributed by atoms with Gasteiger partial charge in [0.15, 0.2) is 0 Å². The van der Waals surface area contributed by atoms with E-state index in [1.165, 1.54) is 32.4 Å². The minimum absolute atomic E-state index is 0.114. The van der Waals surface area contributed by atoms with Crippen molar-refractivity contribution < 1.29 is 19.0 Å². The van der Waals surface area contributed by atoms with Gasteiger partial charge in [-0.2, -0.15) is 0 Å². The zero-order valence-corrected chi connectivity index (χ0v) is 12.5. The van der Waals surface area contributed by atoms with Crippen LogP contribution in [-0.2, 0) is 6.42 Å². The minimum atomic E-state index is -0.887. The van der Waals surface area contributed by atoms with Crippen LogP contribution in [0.25, 0.3) is 0 Å². The van der Waals surface area contributed by atoms with Crippen LogP contribution < -0.4 is 9.47 Å². The van der Waals surface area contributed by atoms with E-state index < -0.39 is 11.9 Å². The van der Waals surface area contributed by atoms with Crippen LogP contribution in [0.4, 0.5) is 4.39 Å². The van der Waals surface area contributed by atoms with Crippen molar-refractivity contribution in [1.82, 2.24) is 0 Å². The molecular weight excluding hydrogens is 295 g/mol. The normalized spacial score (nSPS) is 12.0. The molecule has 0 bridgehead atoms. The highest BCUT2D eigenvalue weighted by atomic mass is 35.5. The van der Waals surface area contributed by atoms with E-state index in [0.29, 0.717) is 27.6 Å². The maximum Gasteiger partial charge on any atom is 0.126 e. The van der Waals surface area contributed by atoms with E-state index in [-0.39, 0.29) is 6.42 Å². The summed E-state index contributed by atoms with van der Waals surface area (Å²) in [7, 11) is 3.06. The van der Waals surface area contributed by atoms with Gasteiger partial charge in [0.05, 0.1) is 20.3 Å². The Kier molecular flexibility index (Phi) is 5.04. The molecule has 0 aromatic heterocycles. The lowest BCUT2D eigenvalue weighted by molar-refractivity contribution is 0.176. The average molecular weight is 311 g/mol. The van der Waals surface area contributed by atoms with E-state index in [0.717, 1.165) is 0 Å². The molecule has 2 rings (SSSR count). The third-order valence-electron chi connectivity index (χ3n) is 3.18. The monoisotopic (exact) mass is 310 g/mol. The number of aliphatic hydroxyl groups is 1. The van der Waals surface area contributed by atoms with E-state index in [4.69, 9.17) is 21.1 Å². The summed E-state index contributed by atoms with van der Waals surface area (Å²) < 4.78 is 24.0. The van der Waals surface area contributed by atoms with Crippen LogP contribution in [-0.4, -0.2) is 19.3 Å². The smallest absolute Gasteiger partial charge is 0.126 e. The molecule has 0 aliphatic rings. The highest BCUT2D eigenvalue weighted by Gasteiger charge is 2.14. The molecular formula is C16H16ClFO3. The Morgan fingerprint density at radius 3 is 2.29 bits per heavy atom. The zero-order chi connectivity index (χ0) is 15.4. The molecule has 21 heavy (non-hydrogen) atoms. The number of benzene rings is 2. The molecule has 0 amide bonds. The molecule has 0 aliphatic heterocycles. The van der Waals surface area contributed by atoms with Crippen molar-refractivity contribution in [2.24, 2.45) is 0 Å². The molecule has 2 aromatic rings. The van der Waals surface area contributed by atoms with Gasteiger partial charge in [0, 0.05) is 17.5 Å². The number of hydrogen-bond donors (Lipinski definition) is 1. The van der Waals surface area contributed by atoms with Gasteiger partial charge in [-0.3, -0.25) is 0 Å². The van der Waals surface area contributed by atoms with Crippen LogP contribution in [0, 0.1) is 5.82 Å². The van der Waals surface area contributed by atoms with Crippen molar-refractivity contribution in [1.29, 1.82) is 0 Å². The van der Waals surface area contributed by atoms with Crippen LogP contribution in [0.5, 0.6) is 11.5 Å². The maximum absolute atomic E-state index is 13.7. The number of aliphatic hydroxyl groups excluding tert-OH is 1. The Morgan fingerprint density at radius 2 is 1.71 bits per heavy atom. The lowest BCUT2D eigenvalue weighted by Gasteiger charge is -2.14. The van der Waals surface area contributed by atoms with E-state index in [1.807, 2.05) is 0 Å². The van der Waals surface area contributed by atoms with Crippen molar-refractivity contribution in [3.05, 3.63) is 58.4 Å². The first-order valence-electron chi connectivity index (χ1n) is 6.38. The molecule has 3 nitrogen and oxygen atoms in total. The summed E-state index contributed by atoms with van der Waals surface area (Å²) in [6.07, 6.45) is -0.773. The van der Waals surface area contributed by atoms with Crippen molar-refractivity contribution in [3.8, 4) is 11.5 Å². The second kappa shape index (κ2) is 6.78. The predicted molar refractivity (Wildman–Crippen MR) is 79.6 cm³/mol. The molecule has 0 heterocycles. The number of rotatable bonds is 5. The van der Waals surface area contributed by atoms with Crippen molar-refractivity contribution in [3.63, 3.8) is 0 Å². The van der Waals surface area contributed by atoms with Gasteiger partial charge in [0.25, 0.3) is 0 Å². The van der Waals surface area contributed by atoms with Gasteiger partial charge in [0.1, 0.15) is 17.3 Å². The van der Waals surface area contributed by atoms with Crippen LogP contribution in [0.3, 0.4) is 0 Å². The molecule has 0 radical (unpaired) electrons. The minimum Gasteiger partial charge on any atom is -0.497 e. The van der Waals surface area contributed by atoms with Gasteiger partial charge >= 0.3 is 0 Å². The van der Waals surface area contributed by atoms with E-state index in [9.17, 15) is 9.50 Å². The topological polar surface area (TPSA) is 38.7 Å². The second-order valence-corrected chi connectivity index (χ2v) is 5.04. The lowest BCUT2D eigenvalue weighted by Crippen LogP contribution is -2.04. The summed E-state index contributed by atoms with van der Waals surface area (Å²) in [5.41, 5.74) is 0.947. The summed E-state index contributed by atoms with van der Waals surface area (Å²) in [6, 6.07) is 9.36. The van der Waals surface area contributed by atoms with Crippen molar-refractivity contribution in [2.75, 3.05) is 14.2 Å². The van der Waals surface area contributed by atoms with Crippen LogP contribution >= 0.6 is 11.6 Å². The highest BCUT2D eigenvalue weighted by molar-refractivity contribution is 6.30. The average Bonchev–Trinajstić information content (AvgIpc) is 2.50. The van der Waals surface area contributed by atoms with Gasteiger partial charge in [-0.05, 0) is 41.5 Å². The van der Waals surface area contributed by atoms with Crippen LogP contribution in [0.2, 0.25) is 5.02 Å². The largest absolute Gasteiger partial charge is 0.497 e. The molecule has 5 heteroatoms. The Balaban J connectivity index is 2.27. The molecule has 1 atom stereocenters. The second-order valence-electron chi connectivity index (χ2n) is 4.60. The SMILES string of the molecule is COc1cc(OC)cc(C(O)Cc2cc(Cl)ccc2F)c1. The third-order valence-corrected chi connectivity index (χ3v) is 3.41. The first kappa shape index (κ1) is 15.6. The Morgan fingerprint density at radius 1 is 1.10 bits per heavy atom. The number of hydrogen-bond acceptors (Lipinski definition) is 3. The first-order chi connectivity index (χ1) is 10.0. The van der Waals surface area contributed by atoms with Gasteiger partial charge in [-0.25, -0.2) is 4.39 Å². The molecule has 112 valence electrons. The van der Waals surface area contributed by atoms with E-state index in [2.05, 4.69) is 0 Å². The predicted octanol–water partition coefficient (Wildman–Crippen LogP) is 3.77. The molecule has 0 saturated heterocycles. The number of ether oxygens (including phenoxy) is 2. The zero-order valence-electron chi connectivity index (χ0n) is 11.8. The van der Waals surface area contributed by atoms with Gasteiger partial charge in [-0.1, -0.05) is 11.6 Å². The van der Waals surface area contributed by atoms with Crippen LogP contribution in [0.15, 0.2) is 36.4 Å². The highest BCUT2D eigenvalue weighted by Crippen LogP contribution is 2.29. The standard InChI is InChI=1S/C16H16ClFO3/c1-20-13-6-11(7-14(9-13)21-2)16(19)8-10-5-12(17)3-4-15(10)18/h3-7,9,16,19H,8H2,1-2H3. The van der Waals surface area contributed by atoms with E-state index >= 15 is 0 Å². The van der Waals surface area contributed by atoms with Gasteiger partial charge < -0.3 is 14.6 Å². The Bertz CT molecular complexity index is 609. The van der Waals surface area contributed by atoms with Crippen molar-refractivity contribution >= 4 is 11.6 Å². The third kappa shape index (κ3) is 3.86. The summed E-state index contributed by atoms with van der Waals surface area (Å²) in [5.74, 6) is 0.734. The van der Waals surface area contributed by atoms with E-state index in [1.54, 1.807) is 18.2 Å². The molecule has 1 N–H and O–H groups in total. The molecule has 0 saturated carbocycles. The fourth-order valence-corrected chi connectivity index (χ4v) is 2.24. The summed E-state index contributed by atoms with van der Waals surface area (Å²) in [4.78, 5) is 0. The Hall–Kier alpha value is -1.78. The quantitative estimate of drug-likeness (QED) is 0.913. The summed E-state index contributed by atoms with van der Waals surface area (Å²) in [5, 5.41) is 10.7. The fraction of sp³-hybridized carbons (Fsp3) is 0.250. The van der Waals surface area contributed by atoms with Gasteiger partial charge in [0.2, 0.25) is 0 Å². The first-order valence-corrected chi connectivity index (χ1v) is 6.76. The lowest BCUT2D eigenvalue weighted by atomic mass is 10.0. The van der Waals surface area contributed by atoms with Crippen molar-refractivity contribution in [2.45, 2.75) is 12.5 Å². The number of methoxy groups -OCH3 is 2. The van der Waals surface area contributed by atoms with Gasteiger partial charge in [-0.15, -0.1) is 0 Å². The van der Waals surface area contributed by atoms with Crippen LogP contribution in [0.1, 0.15) is 17.2 Å². The molecule has 0 aliphatic carbocycles.